The minimum absolute atomic E-state index is 0.0278. The first-order valence-electron chi connectivity index (χ1n) is 12.6. The van der Waals surface area contributed by atoms with Crippen molar-refractivity contribution in [2.24, 2.45) is 0 Å². The summed E-state index contributed by atoms with van der Waals surface area (Å²) in [6.07, 6.45) is 7.56. The average molecular weight is 450 g/mol. The van der Waals surface area contributed by atoms with Gasteiger partial charge in [0.05, 0.1) is 5.92 Å². The van der Waals surface area contributed by atoms with Crippen LogP contribution >= 0.6 is 0 Å². The molecule has 2 atom stereocenters. The second-order valence-corrected chi connectivity index (χ2v) is 9.76. The molecular formula is C26H35N5O2. The molecule has 0 bridgehead atoms. The van der Waals surface area contributed by atoms with Gasteiger partial charge in [0.2, 0.25) is 5.91 Å². The molecule has 0 radical (unpaired) electrons. The third-order valence-electron chi connectivity index (χ3n) is 7.52. The van der Waals surface area contributed by atoms with E-state index in [1.165, 1.54) is 12.8 Å². The van der Waals surface area contributed by atoms with Crippen LogP contribution in [0, 0.1) is 0 Å². The van der Waals surface area contributed by atoms with Crippen LogP contribution in [-0.4, -0.2) is 63.4 Å². The molecule has 2 aromatic rings. The predicted octanol–water partition coefficient (Wildman–Crippen LogP) is 3.66. The zero-order chi connectivity index (χ0) is 22.8. The Morgan fingerprint density at radius 3 is 2.58 bits per heavy atom. The number of hydrogen-bond donors (Lipinski definition) is 1. The standard InChI is InChI=1S/C26H35N5O2/c1-19(20-10-3-2-4-11-20)25(32)28-24-23(31-16-6-5-13-22(31)27-24)26(33)30-17-9-12-21(30)18-29-14-7-8-15-29/h2-4,10-11,19,21H,5-9,12-18H2,1H3,(H,28,32). The molecule has 1 N–H and O–H groups in total. The third-order valence-corrected chi connectivity index (χ3v) is 7.52. The first-order chi connectivity index (χ1) is 16.1. The van der Waals surface area contributed by atoms with Crippen LogP contribution in [0.1, 0.15) is 73.2 Å². The molecular weight excluding hydrogens is 414 g/mol. The number of nitrogens with one attached hydrogen (secondary N) is 1. The zero-order valence-corrected chi connectivity index (χ0v) is 19.6. The fraction of sp³-hybridized carbons (Fsp3) is 0.577. The summed E-state index contributed by atoms with van der Waals surface area (Å²) in [6.45, 7) is 6.70. The largest absolute Gasteiger partial charge is 0.333 e. The lowest BCUT2D eigenvalue weighted by Crippen LogP contribution is -2.43. The van der Waals surface area contributed by atoms with Gasteiger partial charge in [-0.1, -0.05) is 30.3 Å². The molecule has 2 unspecified atom stereocenters. The van der Waals surface area contributed by atoms with Gasteiger partial charge in [-0.3, -0.25) is 9.59 Å². The van der Waals surface area contributed by atoms with Gasteiger partial charge >= 0.3 is 0 Å². The van der Waals surface area contributed by atoms with Crippen LogP contribution in [-0.2, 0) is 17.8 Å². The van der Waals surface area contributed by atoms with Crippen LogP contribution in [0.3, 0.4) is 0 Å². The number of anilines is 1. The van der Waals surface area contributed by atoms with Gasteiger partial charge in [0, 0.05) is 32.1 Å². The highest BCUT2D eigenvalue weighted by Gasteiger charge is 2.36. The van der Waals surface area contributed by atoms with Crippen molar-refractivity contribution in [1.29, 1.82) is 0 Å². The Morgan fingerprint density at radius 1 is 1.03 bits per heavy atom. The monoisotopic (exact) mass is 449 g/mol. The summed E-state index contributed by atoms with van der Waals surface area (Å²) in [5, 5.41) is 3.03. The summed E-state index contributed by atoms with van der Waals surface area (Å²) >= 11 is 0. The molecule has 1 aromatic heterocycles. The molecule has 4 heterocycles. The molecule has 5 rings (SSSR count). The maximum atomic E-state index is 13.9. The van der Waals surface area contributed by atoms with Gasteiger partial charge in [-0.2, -0.15) is 0 Å². The molecule has 3 aliphatic heterocycles. The zero-order valence-electron chi connectivity index (χ0n) is 19.6. The van der Waals surface area contributed by atoms with E-state index in [1.807, 2.05) is 42.2 Å². The van der Waals surface area contributed by atoms with Gasteiger partial charge in [0.1, 0.15) is 5.82 Å². The van der Waals surface area contributed by atoms with Gasteiger partial charge in [-0.25, -0.2) is 4.98 Å². The first-order valence-corrected chi connectivity index (χ1v) is 12.6. The summed E-state index contributed by atoms with van der Waals surface area (Å²) in [5.74, 6) is 0.947. The first kappa shape index (κ1) is 22.1. The number of hydrogen-bond acceptors (Lipinski definition) is 4. The van der Waals surface area contributed by atoms with Gasteiger partial charge in [0.25, 0.3) is 5.91 Å². The van der Waals surface area contributed by atoms with Crippen LogP contribution in [0.15, 0.2) is 30.3 Å². The van der Waals surface area contributed by atoms with Crippen LogP contribution in [0.4, 0.5) is 5.82 Å². The molecule has 0 aliphatic carbocycles. The Hall–Kier alpha value is -2.67. The number of benzene rings is 1. The molecule has 7 nitrogen and oxygen atoms in total. The topological polar surface area (TPSA) is 70.5 Å². The highest BCUT2D eigenvalue weighted by atomic mass is 16.2. The van der Waals surface area contributed by atoms with Crippen molar-refractivity contribution in [3.05, 3.63) is 47.4 Å². The number of aromatic nitrogens is 2. The van der Waals surface area contributed by atoms with E-state index in [1.54, 1.807) is 0 Å². The van der Waals surface area contributed by atoms with E-state index in [2.05, 4.69) is 14.8 Å². The highest BCUT2D eigenvalue weighted by molar-refractivity contribution is 6.03. The van der Waals surface area contributed by atoms with Crippen LogP contribution in [0.2, 0.25) is 0 Å². The third kappa shape index (κ3) is 4.56. The number of amides is 2. The fourth-order valence-electron chi connectivity index (χ4n) is 5.60. The fourth-order valence-corrected chi connectivity index (χ4v) is 5.60. The maximum absolute atomic E-state index is 13.9. The Labute approximate surface area is 196 Å². The Morgan fingerprint density at radius 2 is 1.79 bits per heavy atom. The minimum atomic E-state index is -0.317. The number of aryl methyl sites for hydroxylation is 1. The van der Waals surface area contributed by atoms with Gasteiger partial charge in [-0.05, 0) is 64.1 Å². The van der Waals surface area contributed by atoms with Crippen molar-refractivity contribution >= 4 is 17.6 Å². The molecule has 7 heteroatoms. The molecule has 33 heavy (non-hydrogen) atoms. The lowest BCUT2D eigenvalue weighted by atomic mass is 10.0. The lowest BCUT2D eigenvalue weighted by molar-refractivity contribution is -0.117. The number of nitrogens with zero attached hydrogens (tertiary/aromatic N) is 4. The number of likely N-dealkylation sites (tertiary alicyclic amines) is 2. The molecule has 1 aromatic carbocycles. The second kappa shape index (κ2) is 9.67. The number of carbonyl (C=O) groups is 2. The molecule has 0 spiro atoms. The van der Waals surface area contributed by atoms with Crippen LogP contribution in [0.25, 0.3) is 0 Å². The number of imidazole rings is 1. The second-order valence-electron chi connectivity index (χ2n) is 9.76. The van der Waals surface area contributed by atoms with E-state index in [4.69, 9.17) is 4.98 Å². The number of rotatable bonds is 6. The van der Waals surface area contributed by atoms with Crippen molar-refractivity contribution in [2.75, 3.05) is 31.5 Å². The van der Waals surface area contributed by atoms with E-state index in [0.29, 0.717) is 11.5 Å². The molecule has 2 saturated heterocycles. The Balaban J connectivity index is 1.40. The quantitative estimate of drug-likeness (QED) is 0.731. The van der Waals surface area contributed by atoms with Crippen molar-refractivity contribution in [1.82, 2.24) is 19.4 Å². The van der Waals surface area contributed by atoms with Crippen LogP contribution in [0.5, 0.6) is 0 Å². The van der Waals surface area contributed by atoms with Gasteiger partial charge in [0.15, 0.2) is 11.5 Å². The van der Waals surface area contributed by atoms with E-state index < -0.39 is 0 Å². The predicted molar refractivity (Wildman–Crippen MR) is 128 cm³/mol. The van der Waals surface area contributed by atoms with E-state index >= 15 is 0 Å². The summed E-state index contributed by atoms with van der Waals surface area (Å²) in [6, 6.07) is 10.00. The van der Waals surface area contributed by atoms with Crippen LogP contribution < -0.4 is 5.32 Å². The Bertz CT molecular complexity index is 996. The molecule has 0 saturated carbocycles. The molecule has 3 aliphatic rings. The molecule has 2 fully saturated rings. The number of fused-ring (bicyclic) bond motifs is 1. The van der Waals surface area contributed by atoms with Crippen molar-refractivity contribution < 1.29 is 9.59 Å². The lowest BCUT2D eigenvalue weighted by Gasteiger charge is -2.29. The summed E-state index contributed by atoms with van der Waals surface area (Å²) in [5.41, 5.74) is 1.53. The number of carbonyl (C=O) groups excluding carboxylic acids is 2. The van der Waals surface area contributed by atoms with E-state index in [9.17, 15) is 9.59 Å². The summed E-state index contributed by atoms with van der Waals surface area (Å²) < 4.78 is 2.07. The van der Waals surface area contributed by atoms with Gasteiger partial charge in [-0.15, -0.1) is 0 Å². The van der Waals surface area contributed by atoms with Crippen molar-refractivity contribution in [3.8, 4) is 0 Å². The molecule has 2 amide bonds. The average Bonchev–Trinajstić information content (AvgIpc) is 3.59. The van der Waals surface area contributed by atoms with E-state index in [-0.39, 0.29) is 23.8 Å². The maximum Gasteiger partial charge on any atom is 0.274 e. The normalized spacial score (nSPS) is 21.7. The molecule has 176 valence electrons. The summed E-state index contributed by atoms with van der Waals surface area (Å²) in [7, 11) is 0. The minimum Gasteiger partial charge on any atom is -0.333 e. The van der Waals surface area contributed by atoms with E-state index in [0.717, 1.165) is 76.2 Å². The Kier molecular flexibility index (Phi) is 6.49. The summed E-state index contributed by atoms with van der Waals surface area (Å²) in [4.78, 5) is 36.3. The van der Waals surface area contributed by atoms with Gasteiger partial charge < -0.3 is 19.7 Å². The van der Waals surface area contributed by atoms with Crippen molar-refractivity contribution in [3.63, 3.8) is 0 Å². The highest BCUT2D eigenvalue weighted by Crippen LogP contribution is 2.29. The SMILES string of the molecule is CC(C(=O)Nc1nc2n(c1C(=O)N1CCCC1CN1CCCC1)CCCC2)c1ccccc1. The van der Waals surface area contributed by atoms with Crippen molar-refractivity contribution in [2.45, 2.75) is 70.4 Å². The smallest absolute Gasteiger partial charge is 0.274 e.